The molecular weight excluding hydrogens is 270 g/mol. The second kappa shape index (κ2) is 5.63. The first-order valence-corrected chi connectivity index (χ1v) is 6.82. The van der Waals surface area contributed by atoms with Crippen molar-refractivity contribution in [2.24, 2.45) is 5.73 Å². The Morgan fingerprint density at radius 3 is 2.62 bits per heavy atom. The monoisotopic (exact) mass is 287 g/mol. The number of rotatable bonds is 3. The number of nitrogens with one attached hydrogen (secondary N) is 1. The standard InChI is InChI=1S/C14H17N5O2/c15-14(5-9-21-10-6-14)13(20)17-11-1-3-12(4-2-11)19-8-7-16-18-19/h1-4,7-8H,5-6,9-10,15H2,(H,17,20). The third-order valence-corrected chi connectivity index (χ3v) is 3.65. The van der Waals surface area contributed by atoms with Gasteiger partial charge in [0.25, 0.3) is 0 Å². The van der Waals surface area contributed by atoms with Crippen molar-refractivity contribution < 1.29 is 9.53 Å². The molecule has 2 aromatic rings. The second-order valence-corrected chi connectivity index (χ2v) is 5.12. The first-order valence-electron chi connectivity index (χ1n) is 6.82. The largest absolute Gasteiger partial charge is 0.381 e. The Morgan fingerprint density at radius 2 is 2.00 bits per heavy atom. The molecule has 0 radical (unpaired) electrons. The molecule has 0 unspecified atom stereocenters. The van der Waals surface area contributed by atoms with Crippen LogP contribution in [0, 0.1) is 0 Å². The molecule has 1 aliphatic heterocycles. The van der Waals surface area contributed by atoms with Gasteiger partial charge in [-0.15, -0.1) is 5.10 Å². The summed E-state index contributed by atoms with van der Waals surface area (Å²) in [6.45, 7) is 1.05. The van der Waals surface area contributed by atoms with Crippen molar-refractivity contribution in [2.45, 2.75) is 18.4 Å². The van der Waals surface area contributed by atoms with E-state index in [0.29, 0.717) is 31.7 Å². The van der Waals surface area contributed by atoms with Gasteiger partial charge in [0.05, 0.1) is 18.1 Å². The highest BCUT2D eigenvalue weighted by molar-refractivity contribution is 5.98. The number of carbonyl (C=O) groups excluding carboxylic acids is 1. The van der Waals surface area contributed by atoms with Gasteiger partial charge in [0.1, 0.15) is 5.54 Å². The highest BCUT2D eigenvalue weighted by Crippen LogP contribution is 2.20. The minimum Gasteiger partial charge on any atom is -0.381 e. The first-order chi connectivity index (χ1) is 10.2. The lowest BCUT2D eigenvalue weighted by Gasteiger charge is -2.31. The van der Waals surface area contributed by atoms with E-state index in [-0.39, 0.29) is 5.91 Å². The van der Waals surface area contributed by atoms with Crippen LogP contribution < -0.4 is 11.1 Å². The quantitative estimate of drug-likeness (QED) is 0.867. The van der Waals surface area contributed by atoms with Crippen LogP contribution in [-0.2, 0) is 9.53 Å². The summed E-state index contributed by atoms with van der Waals surface area (Å²) in [4.78, 5) is 12.3. The zero-order valence-corrected chi connectivity index (χ0v) is 11.5. The summed E-state index contributed by atoms with van der Waals surface area (Å²) < 4.78 is 6.89. The average Bonchev–Trinajstić information content (AvgIpc) is 3.03. The summed E-state index contributed by atoms with van der Waals surface area (Å²) in [6.07, 6.45) is 4.44. The van der Waals surface area contributed by atoms with E-state index in [4.69, 9.17) is 10.5 Å². The number of ether oxygens (including phenoxy) is 1. The number of hydrogen-bond acceptors (Lipinski definition) is 5. The van der Waals surface area contributed by atoms with Crippen LogP contribution in [0.5, 0.6) is 0 Å². The number of aromatic nitrogens is 3. The summed E-state index contributed by atoms with van der Waals surface area (Å²) in [5.41, 5.74) is 6.88. The van der Waals surface area contributed by atoms with E-state index in [9.17, 15) is 4.79 Å². The average molecular weight is 287 g/mol. The maximum Gasteiger partial charge on any atom is 0.244 e. The number of hydrogen-bond donors (Lipinski definition) is 2. The fourth-order valence-corrected chi connectivity index (χ4v) is 2.26. The van der Waals surface area contributed by atoms with E-state index in [2.05, 4.69) is 15.6 Å². The minimum atomic E-state index is -0.844. The molecule has 0 aliphatic carbocycles. The highest BCUT2D eigenvalue weighted by atomic mass is 16.5. The van der Waals surface area contributed by atoms with E-state index in [1.807, 2.05) is 24.3 Å². The molecule has 1 saturated heterocycles. The molecule has 1 fully saturated rings. The van der Waals surface area contributed by atoms with Gasteiger partial charge in [0.2, 0.25) is 5.91 Å². The molecule has 21 heavy (non-hydrogen) atoms. The van der Waals surface area contributed by atoms with Crippen LogP contribution in [0.25, 0.3) is 5.69 Å². The van der Waals surface area contributed by atoms with Crippen LogP contribution in [0.4, 0.5) is 5.69 Å². The summed E-state index contributed by atoms with van der Waals surface area (Å²) in [5.74, 6) is -0.167. The van der Waals surface area contributed by atoms with Crippen LogP contribution in [0.15, 0.2) is 36.7 Å². The molecular formula is C14H17N5O2. The van der Waals surface area contributed by atoms with Gasteiger partial charge in [-0.1, -0.05) is 5.21 Å². The lowest BCUT2D eigenvalue weighted by Crippen LogP contribution is -2.54. The Bertz CT molecular complexity index is 603. The van der Waals surface area contributed by atoms with Crippen LogP contribution in [0.3, 0.4) is 0 Å². The van der Waals surface area contributed by atoms with Gasteiger partial charge >= 0.3 is 0 Å². The topological polar surface area (TPSA) is 95.1 Å². The van der Waals surface area contributed by atoms with Gasteiger partial charge in [-0.05, 0) is 37.1 Å². The van der Waals surface area contributed by atoms with Crippen molar-refractivity contribution in [1.82, 2.24) is 15.0 Å². The summed E-state index contributed by atoms with van der Waals surface area (Å²) in [7, 11) is 0. The number of amides is 1. The lowest BCUT2D eigenvalue weighted by atomic mass is 9.90. The molecule has 7 nitrogen and oxygen atoms in total. The first kappa shape index (κ1) is 13.7. The maximum absolute atomic E-state index is 12.3. The minimum absolute atomic E-state index is 0.167. The van der Waals surface area contributed by atoms with Gasteiger partial charge in [-0.2, -0.15) is 0 Å². The van der Waals surface area contributed by atoms with E-state index >= 15 is 0 Å². The molecule has 110 valence electrons. The van der Waals surface area contributed by atoms with E-state index in [1.54, 1.807) is 17.1 Å². The van der Waals surface area contributed by atoms with Crippen LogP contribution in [-0.4, -0.2) is 39.7 Å². The fourth-order valence-electron chi connectivity index (χ4n) is 2.26. The van der Waals surface area contributed by atoms with Crippen molar-refractivity contribution >= 4 is 11.6 Å². The second-order valence-electron chi connectivity index (χ2n) is 5.12. The predicted molar refractivity (Wildman–Crippen MR) is 77.0 cm³/mol. The van der Waals surface area contributed by atoms with Gasteiger partial charge in [-0.3, -0.25) is 4.79 Å². The molecule has 1 amide bonds. The van der Waals surface area contributed by atoms with Gasteiger partial charge in [-0.25, -0.2) is 4.68 Å². The molecule has 3 N–H and O–H groups in total. The van der Waals surface area contributed by atoms with Gasteiger partial charge in [0.15, 0.2) is 0 Å². The predicted octanol–water partition coefficient (Wildman–Crippen LogP) is 0.714. The Kier molecular flexibility index (Phi) is 3.68. The Balaban J connectivity index is 1.69. The lowest BCUT2D eigenvalue weighted by molar-refractivity contribution is -0.124. The number of carbonyl (C=O) groups is 1. The zero-order valence-electron chi connectivity index (χ0n) is 11.5. The number of anilines is 1. The maximum atomic E-state index is 12.3. The molecule has 1 aliphatic rings. The SMILES string of the molecule is NC1(C(=O)Nc2ccc(-n3ccnn3)cc2)CCOCC1. The highest BCUT2D eigenvalue weighted by Gasteiger charge is 2.35. The van der Waals surface area contributed by atoms with Crippen LogP contribution >= 0.6 is 0 Å². The molecule has 2 heterocycles. The summed E-state index contributed by atoms with van der Waals surface area (Å²) >= 11 is 0. The van der Waals surface area contributed by atoms with Crippen LogP contribution in [0.2, 0.25) is 0 Å². The smallest absolute Gasteiger partial charge is 0.244 e. The fraction of sp³-hybridized carbons (Fsp3) is 0.357. The molecule has 0 saturated carbocycles. The number of benzene rings is 1. The van der Waals surface area contributed by atoms with Crippen LogP contribution in [0.1, 0.15) is 12.8 Å². The Hall–Kier alpha value is -2.25. The molecule has 0 bridgehead atoms. The Morgan fingerprint density at radius 1 is 1.29 bits per heavy atom. The molecule has 0 atom stereocenters. The summed E-state index contributed by atoms with van der Waals surface area (Å²) in [6, 6.07) is 7.35. The van der Waals surface area contributed by atoms with E-state index < -0.39 is 5.54 Å². The van der Waals surface area contributed by atoms with Crippen molar-refractivity contribution in [3.8, 4) is 5.69 Å². The number of nitrogens with zero attached hydrogens (tertiary/aromatic N) is 3. The van der Waals surface area contributed by atoms with E-state index in [1.165, 1.54) is 0 Å². The van der Waals surface area contributed by atoms with Crippen molar-refractivity contribution in [2.75, 3.05) is 18.5 Å². The van der Waals surface area contributed by atoms with Crippen molar-refractivity contribution in [3.63, 3.8) is 0 Å². The molecule has 1 aromatic carbocycles. The Labute approximate surface area is 122 Å². The molecule has 3 rings (SSSR count). The molecule has 0 spiro atoms. The van der Waals surface area contributed by atoms with E-state index in [0.717, 1.165) is 5.69 Å². The normalized spacial score (nSPS) is 17.4. The van der Waals surface area contributed by atoms with Crippen molar-refractivity contribution in [1.29, 1.82) is 0 Å². The summed E-state index contributed by atoms with van der Waals surface area (Å²) in [5, 5.41) is 10.5. The van der Waals surface area contributed by atoms with Gasteiger partial charge in [0, 0.05) is 18.9 Å². The molecule has 7 heteroatoms. The zero-order chi connectivity index (χ0) is 14.7. The molecule has 1 aromatic heterocycles. The third kappa shape index (κ3) is 2.93. The van der Waals surface area contributed by atoms with Crippen molar-refractivity contribution in [3.05, 3.63) is 36.7 Å². The third-order valence-electron chi connectivity index (χ3n) is 3.65. The number of nitrogens with two attached hydrogens (primary N) is 1. The van der Waals surface area contributed by atoms with Gasteiger partial charge < -0.3 is 15.8 Å².